The normalized spacial score (nSPS) is 19.3. The van der Waals surface area contributed by atoms with Crippen molar-refractivity contribution in [3.8, 4) is 0 Å². The largest absolute Gasteiger partial charge is 0.478 e. The number of nitrogens with one attached hydrogen (secondary N) is 1. The van der Waals surface area contributed by atoms with Crippen LogP contribution in [0.25, 0.3) is 0 Å². The molecule has 3 aliphatic rings. The van der Waals surface area contributed by atoms with E-state index in [2.05, 4.69) is 10.2 Å². The number of carboxylic acid groups (broad SMARTS) is 1. The predicted octanol–water partition coefficient (Wildman–Crippen LogP) is 2.36. The average molecular weight is 258 g/mol. The lowest BCUT2D eigenvalue weighted by Gasteiger charge is -2.36. The van der Waals surface area contributed by atoms with Crippen LogP contribution in [0.3, 0.4) is 0 Å². The standard InChI is InChI=1S/C13H10N2O2S/c16-13(17)9-4-7-2-1-3-10-11(7)15-8(5-14-10)6-18-12(9)15/h1-3,6,14H,4-5H2,(H,16,17). The average Bonchev–Trinajstić information content (AvgIpc) is 2.81. The van der Waals surface area contributed by atoms with E-state index in [9.17, 15) is 9.90 Å². The third-order valence-corrected chi connectivity index (χ3v) is 4.53. The molecular weight excluding hydrogens is 248 g/mol. The van der Waals surface area contributed by atoms with Gasteiger partial charge >= 0.3 is 5.97 Å². The number of aliphatic carboxylic acids is 1. The van der Waals surface area contributed by atoms with E-state index in [1.807, 2.05) is 23.6 Å². The maximum atomic E-state index is 11.4. The predicted molar refractivity (Wildman–Crippen MR) is 71.5 cm³/mol. The molecule has 0 amide bonds. The number of nitrogens with zero attached hydrogens (tertiary/aromatic N) is 1. The number of para-hydroxylation sites is 1. The van der Waals surface area contributed by atoms with Gasteiger partial charge in [-0.1, -0.05) is 23.9 Å². The van der Waals surface area contributed by atoms with Gasteiger partial charge in [0.2, 0.25) is 0 Å². The van der Waals surface area contributed by atoms with Gasteiger partial charge in [-0.3, -0.25) is 0 Å². The van der Waals surface area contributed by atoms with E-state index >= 15 is 0 Å². The molecule has 4 rings (SSSR count). The number of rotatable bonds is 1. The zero-order valence-corrected chi connectivity index (χ0v) is 10.3. The van der Waals surface area contributed by atoms with Crippen LogP contribution in [0.15, 0.2) is 39.9 Å². The highest BCUT2D eigenvalue weighted by atomic mass is 32.2. The molecule has 1 aromatic carbocycles. The lowest BCUT2D eigenvalue weighted by atomic mass is 9.96. The first-order chi connectivity index (χ1) is 8.75. The van der Waals surface area contributed by atoms with Crippen molar-refractivity contribution in [3.05, 3.63) is 45.5 Å². The fraction of sp³-hybridized carbons (Fsp3) is 0.154. The Morgan fingerprint density at radius 2 is 2.33 bits per heavy atom. The van der Waals surface area contributed by atoms with Crippen molar-refractivity contribution in [1.29, 1.82) is 0 Å². The van der Waals surface area contributed by atoms with Gasteiger partial charge in [-0.25, -0.2) is 4.79 Å². The van der Waals surface area contributed by atoms with Crippen molar-refractivity contribution in [2.45, 2.75) is 6.42 Å². The van der Waals surface area contributed by atoms with Crippen molar-refractivity contribution in [1.82, 2.24) is 0 Å². The summed E-state index contributed by atoms with van der Waals surface area (Å²) in [5, 5.41) is 15.6. The molecule has 90 valence electrons. The van der Waals surface area contributed by atoms with Crippen LogP contribution in [0, 0.1) is 0 Å². The fourth-order valence-electron chi connectivity index (χ4n) is 2.69. The van der Waals surface area contributed by atoms with Crippen LogP contribution in [0.1, 0.15) is 5.56 Å². The molecule has 4 nitrogen and oxygen atoms in total. The van der Waals surface area contributed by atoms with Gasteiger partial charge < -0.3 is 15.3 Å². The molecule has 2 N–H and O–H groups in total. The summed E-state index contributed by atoms with van der Waals surface area (Å²) >= 11 is 1.52. The Labute approximate surface area is 108 Å². The zero-order valence-electron chi connectivity index (χ0n) is 9.43. The number of carbonyl (C=O) groups is 1. The van der Waals surface area contributed by atoms with E-state index < -0.39 is 5.97 Å². The van der Waals surface area contributed by atoms with Crippen LogP contribution < -0.4 is 10.2 Å². The van der Waals surface area contributed by atoms with Gasteiger partial charge in [0.1, 0.15) is 0 Å². The molecule has 0 saturated heterocycles. The van der Waals surface area contributed by atoms with Gasteiger partial charge in [0.25, 0.3) is 0 Å². The van der Waals surface area contributed by atoms with Gasteiger partial charge in [-0.2, -0.15) is 0 Å². The molecule has 3 heterocycles. The van der Waals surface area contributed by atoms with E-state index in [4.69, 9.17) is 0 Å². The van der Waals surface area contributed by atoms with E-state index in [1.54, 1.807) is 0 Å². The second kappa shape index (κ2) is 3.32. The van der Waals surface area contributed by atoms with Crippen molar-refractivity contribution >= 4 is 29.1 Å². The van der Waals surface area contributed by atoms with Crippen molar-refractivity contribution in [2.24, 2.45) is 0 Å². The van der Waals surface area contributed by atoms with Crippen molar-refractivity contribution < 1.29 is 9.90 Å². The second-order valence-electron chi connectivity index (χ2n) is 4.49. The molecular formula is C13H10N2O2S. The summed E-state index contributed by atoms with van der Waals surface area (Å²) in [5.74, 6) is -0.818. The molecule has 3 aliphatic heterocycles. The Morgan fingerprint density at radius 1 is 1.44 bits per heavy atom. The fourth-order valence-corrected chi connectivity index (χ4v) is 3.74. The molecule has 0 unspecified atom stereocenters. The van der Waals surface area contributed by atoms with Gasteiger partial charge in [0, 0.05) is 12.1 Å². The summed E-state index contributed by atoms with van der Waals surface area (Å²) in [4.78, 5) is 13.5. The molecule has 0 atom stereocenters. The third kappa shape index (κ3) is 1.14. The Morgan fingerprint density at radius 3 is 3.17 bits per heavy atom. The summed E-state index contributed by atoms with van der Waals surface area (Å²) in [7, 11) is 0. The van der Waals surface area contributed by atoms with Gasteiger partial charge in [0.15, 0.2) is 0 Å². The molecule has 0 bridgehead atoms. The minimum atomic E-state index is -0.818. The number of carboxylic acids is 1. The van der Waals surface area contributed by atoms with Crippen LogP contribution in [-0.4, -0.2) is 17.6 Å². The summed E-state index contributed by atoms with van der Waals surface area (Å²) in [6, 6.07) is 6.03. The van der Waals surface area contributed by atoms with Crippen LogP contribution >= 0.6 is 11.8 Å². The van der Waals surface area contributed by atoms with Gasteiger partial charge in [0.05, 0.1) is 28.5 Å². The third-order valence-electron chi connectivity index (χ3n) is 3.48. The number of hydrogen-bond donors (Lipinski definition) is 2. The Kier molecular flexibility index (Phi) is 1.86. The molecule has 0 radical (unpaired) electrons. The van der Waals surface area contributed by atoms with Crippen LogP contribution in [-0.2, 0) is 11.2 Å². The first kappa shape index (κ1) is 10.1. The highest BCUT2D eigenvalue weighted by molar-refractivity contribution is 8.06. The second-order valence-corrected chi connectivity index (χ2v) is 5.35. The molecule has 5 heteroatoms. The molecule has 1 aromatic rings. The summed E-state index contributed by atoms with van der Waals surface area (Å²) < 4.78 is 0. The van der Waals surface area contributed by atoms with E-state index in [0.29, 0.717) is 12.0 Å². The number of anilines is 2. The Hall–Kier alpha value is -1.88. The number of benzene rings is 1. The quantitative estimate of drug-likeness (QED) is 0.810. The molecule has 0 spiro atoms. The summed E-state index contributed by atoms with van der Waals surface area (Å²) in [6.07, 6.45) is 0.500. The first-order valence-corrected chi connectivity index (χ1v) is 6.61. The summed E-state index contributed by atoms with van der Waals surface area (Å²) in [6.45, 7) is 0.750. The lowest BCUT2D eigenvalue weighted by molar-refractivity contribution is -0.132. The zero-order chi connectivity index (χ0) is 12.3. The molecule has 0 aromatic heterocycles. The molecule has 18 heavy (non-hydrogen) atoms. The van der Waals surface area contributed by atoms with E-state index in [1.165, 1.54) is 11.8 Å². The highest BCUT2D eigenvalue weighted by Crippen LogP contribution is 2.50. The monoisotopic (exact) mass is 258 g/mol. The SMILES string of the molecule is O=C(O)C1=C2SC=C3CNc4cccc(c4N32)C1. The van der Waals surface area contributed by atoms with E-state index in [-0.39, 0.29) is 0 Å². The van der Waals surface area contributed by atoms with Crippen molar-refractivity contribution in [2.75, 3.05) is 16.8 Å². The minimum absolute atomic E-state index is 0.498. The lowest BCUT2D eigenvalue weighted by Crippen LogP contribution is -2.33. The van der Waals surface area contributed by atoms with Crippen molar-refractivity contribution in [3.63, 3.8) is 0 Å². The highest BCUT2D eigenvalue weighted by Gasteiger charge is 2.37. The molecule has 0 saturated carbocycles. The maximum absolute atomic E-state index is 11.4. The van der Waals surface area contributed by atoms with Crippen LogP contribution in [0.2, 0.25) is 0 Å². The summed E-state index contributed by atoms with van der Waals surface area (Å²) in [5.41, 5.74) is 4.93. The maximum Gasteiger partial charge on any atom is 0.334 e. The Balaban J connectivity index is 2.01. The minimum Gasteiger partial charge on any atom is -0.478 e. The number of thioether (sulfide) groups is 1. The first-order valence-electron chi connectivity index (χ1n) is 5.74. The number of hydrogen-bond acceptors (Lipinski definition) is 4. The molecule has 0 aliphatic carbocycles. The van der Waals surface area contributed by atoms with Crippen LogP contribution in [0.4, 0.5) is 11.4 Å². The van der Waals surface area contributed by atoms with Gasteiger partial charge in [-0.05, 0) is 17.0 Å². The van der Waals surface area contributed by atoms with Gasteiger partial charge in [-0.15, -0.1) is 0 Å². The Bertz CT molecular complexity index is 648. The van der Waals surface area contributed by atoms with Crippen LogP contribution in [0.5, 0.6) is 0 Å². The topological polar surface area (TPSA) is 52.6 Å². The van der Waals surface area contributed by atoms with E-state index in [0.717, 1.165) is 34.2 Å². The smallest absolute Gasteiger partial charge is 0.334 e. The molecule has 0 fully saturated rings.